The lowest BCUT2D eigenvalue weighted by atomic mass is 10.0. The van der Waals surface area contributed by atoms with Crippen LogP contribution < -0.4 is 10.6 Å². The lowest BCUT2D eigenvalue weighted by Crippen LogP contribution is -2.51. The number of pyridine rings is 1. The first-order valence-corrected chi connectivity index (χ1v) is 9.77. The molecule has 3 amide bonds. The molecule has 0 spiro atoms. The van der Waals surface area contributed by atoms with Gasteiger partial charge in [-0.15, -0.1) is 0 Å². The van der Waals surface area contributed by atoms with E-state index in [0.717, 1.165) is 11.3 Å². The molecule has 8 heteroatoms. The fraction of sp³-hybridized carbons (Fsp3) is 0.364. The highest BCUT2D eigenvalue weighted by molar-refractivity contribution is 5.91. The fourth-order valence-electron chi connectivity index (χ4n) is 2.85. The van der Waals surface area contributed by atoms with E-state index < -0.39 is 24.0 Å². The van der Waals surface area contributed by atoms with Crippen molar-refractivity contribution in [2.75, 3.05) is 20.6 Å². The molecule has 0 radical (unpaired) electrons. The van der Waals surface area contributed by atoms with Crippen LogP contribution in [0.15, 0.2) is 54.7 Å². The van der Waals surface area contributed by atoms with Gasteiger partial charge in [0.1, 0.15) is 12.1 Å². The van der Waals surface area contributed by atoms with Crippen molar-refractivity contribution in [1.29, 1.82) is 0 Å². The van der Waals surface area contributed by atoms with Crippen LogP contribution in [0.2, 0.25) is 0 Å². The van der Waals surface area contributed by atoms with Crippen LogP contribution in [0.5, 0.6) is 0 Å². The Morgan fingerprint density at radius 3 is 2.40 bits per heavy atom. The van der Waals surface area contributed by atoms with Gasteiger partial charge >= 0.3 is 0 Å². The number of nitrogens with one attached hydrogen (secondary N) is 2. The zero-order valence-corrected chi connectivity index (χ0v) is 17.2. The van der Waals surface area contributed by atoms with Crippen LogP contribution in [0.3, 0.4) is 0 Å². The van der Waals surface area contributed by atoms with Crippen LogP contribution in [0.1, 0.15) is 17.7 Å². The molecule has 0 bridgehead atoms. The van der Waals surface area contributed by atoms with Gasteiger partial charge in [0, 0.05) is 45.4 Å². The number of carbonyl (C=O) groups is 3. The molecule has 0 saturated carbocycles. The molecule has 3 N–H and O–H groups in total. The van der Waals surface area contributed by atoms with Gasteiger partial charge in [-0.3, -0.25) is 19.4 Å². The Morgan fingerprint density at radius 1 is 1.07 bits per heavy atom. The second-order valence-corrected chi connectivity index (χ2v) is 7.12. The predicted octanol–water partition coefficient (Wildman–Crippen LogP) is 0.307. The van der Waals surface area contributed by atoms with E-state index in [1.807, 2.05) is 48.5 Å². The number of aliphatic hydroxyl groups excluding tert-OH is 1. The van der Waals surface area contributed by atoms with Crippen LogP contribution in [0.4, 0.5) is 0 Å². The molecule has 2 atom stereocenters. The van der Waals surface area contributed by atoms with Crippen LogP contribution >= 0.6 is 0 Å². The predicted molar refractivity (Wildman–Crippen MR) is 112 cm³/mol. The van der Waals surface area contributed by atoms with Gasteiger partial charge in [-0.2, -0.15) is 0 Å². The van der Waals surface area contributed by atoms with E-state index in [1.165, 1.54) is 4.90 Å². The highest BCUT2D eigenvalue weighted by atomic mass is 16.3. The summed E-state index contributed by atoms with van der Waals surface area (Å²) in [5, 5.41) is 15.4. The molecule has 0 aliphatic heterocycles. The fourth-order valence-corrected chi connectivity index (χ4v) is 2.85. The molecule has 0 unspecified atom stereocenters. The average molecular weight is 412 g/mol. The van der Waals surface area contributed by atoms with Crippen molar-refractivity contribution >= 4 is 17.7 Å². The van der Waals surface area contributed by atoms with Crippen molar-refractivity contribution in [2.24, 2.45) is 0 Å². The number of aromatic nitrogens is 1. The second kappa shape index (κ2) is 11.7. The van der Waals surface area contributed by atoms with Gasteiger partial charge in [0.25, 0.3) is 0 Å². The normalized spacial score (nSPS) is 12.5. The van der Waals surface area contributed by atoms with Crippen LogP contribution in [0.25, 0.3) is 0 Å². The van der Waals surface area contributed by atoms with Gasteiger partial charge in [-0.1, -0.05) is 36.4 Å². The van der Waals surface area contributed by atoms with Crippen LogP contribution in [-0.2, 0) is 27.2 Å². The van der Waals surface area contributed by atoms with E-state index in [9.17, 15) is 19.5 Å². The Morgan fingerprint density at radius 2 is 1.77 bits per heavy atom. The maximum absolute atomic E-state index is 12.4. The van der Waals surface area contributed by atoms with Gasteiger partial charge in [0.2, 0.25) is 17.7 Å². The van der Waals surface area contributed by atoms with E-state index in [-0.39, 0.29) is 18.7 Å². The van der Waals surface area contributed by atoms with E-state index in [0.29, 0.717) is 13.0 Å². The van der Waals surface area contributed by atoms with Crippen molar-refractivity contribution in [2.45, 2.75) is 31.4 Å². The van der Waals surface area contributed by atoms with Crippen molar-refractivity contribution in [1.82, 2.24) is 20.5 Å². The summed E-state index contributed by atoms with van der Waals surface area (Å²) in [6.07, 6.45) is 0.569. The summed E-state index contributed by atoms with van der Waals surface area (Å²) in [6, 6.07) is 13.9. The highest BCUT2D eigenvalue weighted by Crippen LogP contribution is 2.06. The minimum absolute atomic E-state index is 0.284. The van der Waals surface area contributed by atoms with Crippen molar-refractivity contribution < 1.29 is 19.5 Å². The van der Waals surface area contributed by atoms with Crippen molar-refractivity contribution in [3.05, 3.63) is 66.0 Å². The molecule has 2 aromatic rings. The third-order valence-corrected chi connectivity index (χ3v) is 4.45. The van der Waals surface area contributed by atoms with Gasteiger partial charge in [0.15, 0.2) is 0 Å². The smallest absolute Gasteiger partial charge is 0.250 e. The van der Waals surface area contributed by atoms with E-state index in [1.54, 1.807) is 20.3 Å². The quantitative estimate of drug-likeness (QED) is 0.520. The van der Waals surface area contributed by atoms with Crippen LogP contribution in [0, 0.1) is 0 Å². The molecule has 30 heavy (non-hydrogen) atoms. The number of amides is 3. The second-order valence-electron chi connectivity index (χ2n) is 7.12. The van der Waals surface area contributed by atoms with Crippen molar-refractivity contribution in [3.8, 4) is 0 Å². The molecule has 0 fully saturated rings. The van der Waals surface area contributed by atoms with Crippen molar-refractivity contribution in [3.63, 3.8) is 0 Å². The number of aliphatic hydroxyl groups is 1. The SMILES string of the molecule is CN(C)C(=O)[C@H](Cc1ccccc1)NC(=O)[C@@H](O)CC(=O)NCCc1ccccn1. The molecule has 160 valence electrons. The lowest BCUT2D eigenvalue weighted by molar-refractivity contribution is -0.139. The summed E-state index contributed by atoms with van der Waals surface area (Å²) < 4.78 is 0. The Kier molecular flexibility index (Phi) is 8.96. The number of hydrogen-bond acceptors (Lipinski definition) is 5. The Hall–Kier alpha value is -3.26. The number of benzene rings is 1. The zero-order chi connectivity index (χ0) is 21.9. The molecule has 0 aliphatic carbocycles. The average Bonchev–Trinajstić information content (AvgIpc) is 2.74. The minimum atomic E-state index is -1.55. The number of carbonyl (C=O) groups excluding carboxylic acids is 3. The summed E-state index contributed by atoms with van der Waals surface area (Å²) >= 11 is 0. The van der Waals surface area contributed by atoms with Gasteiger partial charge in [-0.25, -0.2) is 0 Å². The zero-order valence-electron chi connectivity index (χ0n) is 17.2. The molecule has 1 aromatic heterocycles. The topological polar surface area (TPSA) is 112 Å². The Balaban J connectivity index is 1.85. The third-order valence-electron chi connectivity index (χ3n) is 4.45. The summed E-state index contributed by atoms with van der Waals surface area (Å²) in [4.78, 5) is 42.4. The molecule has 0 saturated heterocycles. The first kappa shape index (κ1) is 23.0. The number of likely N-dealkylation sites (N-methyl/N-ethyl adjacent to an activating group) is 1. The molecular weight excluding hydrogens is 384 g/mol. The third kappa shape index (κ3) is 7.63. The first-order valence-electron chi connectivity index (χ1n) is 9.77. The Bertz CT molecular complexity index is 828. The largest absolute Gasteiger partial charge is 0.383 e. The van der Waals surface area contributed by atoms with Gasteiger partial charge in [0.05, 0.1) is 6.42 Å². The van der Waals surface area contributed by atoms with Gasteiger partial charge < -0.3 is 20.6 Å². The molecule has 8 nitrogen and oxygen atoms in total. The lowest BCUT2D eigenvalue weighted by Gasteiger charge is -2.23. The monoisotopic (exact) mass is 412 g/mol. The highest BCUT2D eigenvalue weighted by Gasteiger charge is 2.27. The number of nitrogens with zero attached hydrogens (tertiary/aromatic N) is 2. The van der Waals surface area contributed by atoms with E-state index >= 15 is 0 Å². The molecule has 1 heterocycles. The van der Waals surface area contributed by atoms with E-state index in [2.05, 4.69) is 15.6 Å². The molecule has 2 rings (SSSR count). The summed E-state index contributed by atoms with van der Waals surface area (Å²) in [6.45, 7) is 0.347. The van der Waals surface area contributed by atoms with Crippen LogP contribution in [-0.4, -0.2) is 65.5 Å². The summed E-state index contributed by atoms with van der Waals surface area (Å²) in [7, 11) is 3.19. The molecule has 1 aromatic carbocycles. The molecule has 0 aliphatic rings. The van der Waals surface area contributed by atoms with Gasteiger partial charge in [-0.05, 0) is 17.7 Å². The summed E-state index contributed by atoms with van der Waals surface area (Å²) in [5.74, 6) is -1.50. The number of hydrogen-bond donors (Lipinski definition) is 3. The maximum Gasteiger partial charge on any atom is 0.250 e. The number of rotatable bonds is 10. The molecular formula is C22H28N4O4. The summed E-state index contributed by atoms with van der Waals surface area (Å²) in [5.41, 5.74) is 1.71. The van der Waals surface area contributed by atoms with E-state index in [4.69, 9.17) is 0 Å². The first-order chi connectivity index (χ1) is 14.4. The minimum Gasteiger partial charge on any atom is -0.383 e. The Labute approximate surface area is 176 Å². The standard InChI is InChI=1S/C22H28N4O4/c1-26(2)22(30)18(14-16-8-4-3-5-9-16)25-21(29)19(27)15-20(28)24-13-11-17-10-6-7-12-23-17/h3-10,12,18-19,27H,11,13-15H2,1-2H3,(H,24,28)(H,25,29)/t18-,19-/m0/s1. The maximum atomic E-state index is 12.4.